The Morgan fingerprint density at radius 3 is 1.52 bits per heavy atom. The van der Waals surface area contributed by atoms with Gasteiger partial charge < -0.3 is 9.90 Å². The molecule has 0 aliphatic rings. The van der Waals surface area contributed by atoms with Crippen LogP contribution in [0.2, 0.25) is 0 Å². The van der Waals surface area contributed by atoms with Crippen LogP contribution in [0.1, 0.15) is 116 Å². The first-order chi connectivity index (χ1) is 13.5. The van der Waals surface area contributed by atoms with Gasteiger partial charge in [0.25, 0.3) is 0 Å². The molecule has 5 nitrogen and oxygen atoms in total. The Kier molecular flexibility index (Phi) is 24.6. The van der Waals surface area contributed by atoms with Gasteiger partial charge in [0.15, 0.2) is 0 Å². The van der Waals surface area contributed by atoms with E-state index in [2.05, 4.69) is 6.92 Å². The first-order valence-electron chi connectivity index (χ1n) is 11.3. The minimum absolute atomic E-state index is 0. The minimum atomic E-state index is -3.65. The predicted octanol–water partition coefficient (Wildman–Crippen LogP) is 1.83. The summed E-state index contributed by atoms with van der Waals surface area (Å²) in [7, 11) is -3.65. The fourth-order valence-electron chi connectivity index (χ4n) is 3.21. The van der Waals surface area contributed by atoms with E-state index in [-0.39, 0.29) is 29.6 Å². The van der Waals surface area contributed by atoms with Crippen molar-refractivity contribution in [1.29, 1.82) is 0 Å². The van der Waals surface area contributed by atoms with Crippen LogP contribution in [0.5, 0.6) is 0 Å². The number of unbranched alkanes of at least 4 members (excludes halogenated alkanes) is 16. The fraction of sp³-hybridized carbons (Fsp3) is 0.864. The number of carbonyl (C=O) groups is 1. The largest absolute Gasteiger partial charge is 1.00 e. The number of hydrogen-bond acceptors (Lipinski definition) is 4. The van der Waals surface area contributed by atoms with Gasteiger partial charge in [-0.25, -0.2) is 13.1 Å². The van der Waals surface area contributed by atoms with Gasteiger partial charge in [-0.1, -0.05) is 109 Å². The van der Waals surface area contributed by atoms with Gasteiger partial charge in [-0.05, 0) is 12.8 Å². The monoisotopic (exact) mass is 439 g/mol. The maximum atomic E-state index is 11.4. The van der Waals surface area contributed by atoms with Crippen LogP contribution in [0.4, 0.5) is 0 Å². The Morgan fingerprint density at radius 2 is 1.14 bits per heavy atom. The van der Waals surface area contributed by atoms with Gasteiger partial charge in [0.2, 0.25) is 10.0 Å². The van der Waals surface area contributed by atoms with Crippen molar-refractivity contribution in [2.75, 3.05) is 6.54 Å². The maximum Gasteiger partial charge on any atom is 1.00 e. The normalized spacial score (nSPS) is 11.6. The summed E-state index contributed by atoms with van der Waals surface area (Å²) in [6.45, 7) is 1.57. The van der Waals surface area contributed by atoms with Crippen molar-refractivity contribution < 1.29 is 47.9 Å². The van der Waals surface area contributed by atoms with Crippen LogP contribution in [0, 0.1) is 0 Å². The SMILES string of the molecule is CCCCCCCCCCCCCCCCCC/C=C/S(=O)(=O)NCC(=O)[O-].[Na+]. The second kappa shape index (κ2) is 22.8. The van der Waals surface area contributed by atoms with E-state index in [4.69, 9.17) is 0 Å². The Morgan fingerprint density at radius 1 is 0.759 bits per heavy atom. The van der Waals surface area contributed by atoms with Crippen molar-refractivity contribution in [1.82, 2.24) is 4.72 Å². The fourth-order valence-corrected chi connectivity index (χ4v) is 4.02. The molecular formula is C22H42NNaO4S. The smallest absolute Gasteiger partial charge is 0.549 e. The molecule has 0 saturated carbocycles. The molecule has 0 aliphatic heterocycles. The Labute approximate surface area is 201 Å². The van der Waals surface area contributed by atoms with Crippen LogP contribution in [0.25, 0.3) is 0 Å². The number of carboxylic acids is 1. The molecular weight excluding hydrogens is 397 g/mol. The van der Waals surface area contributed by atoms with Crippen LogP contribution in [-0.4, -0.2) is 20.9 Å². The van der Waals surface area contributed by atoms with Crippen molar-refractivity contribution in [3.8, 4) is 0 Å². The van der Waals surface area contributed by atoms with Crippen LogP contribution < -0.4 is 39.4 Å². The van der Waals surface area contributed by atoms with Crippen LogP contribution in [0.3, 0.4) is 0 Å². The van der Waals surface area contributed by atoms with Crippen LogP contribution in [0.15, 0.2) is 11.5 Å². The van der Waals surface area contributed by atoms with Gasteiger partial charge in [-0.3, -0.25) is 0 Å². The van der Waals surface area contributed by atoms with E-state index in [0.29, 0.717) is 6.42 Å². The first kappa shape index (κ1) is 31.3. The summed E-state index contributed by atoms with van der Waals surface area (Å²) in [4.78, 5) is 10.2. The number of carbonyl (C=O) groups excluding carboxylic acids is 1. The molecule has 0 aromatic rings. The number of rotatable bonds is 21. The molecule has 0 aromatic heterocycles. The summed E-state index contributed by atoms with van der Waals surface area (Å²) >= 11 is 0. The van der Waals surface area contributed by atoms with Crippen molar-refractivity contribution in [3.63, 3.8) is 0 Å². The van der Waals surface area contributed by atoms with E-state index in [0.717, 1.165) is 18.2 Å². The Balaban J connectivity index is 0. The molecule has 29 heavy (non-hydrogen) atoms. The standard InChI is InChI=1S/C22H43NO4S.Na/c1-2-3-4-5-6-7-8-9-10-11-12-13-14-15-16-17-18-19-20-28(26,27)23-21-22(24)25;/h19-20,23H,2-18,21H2,1H3,(H,24,25);/q;+1/p-1/b20-19+;. The van der Waals surface area contributed by atoms with E-state index in [9.17, 15) is 18.3 Å². The topological polar surface area (TPSA) is 86.3 Å². The van der Waals surface area contributed by atoms with Crippen molar-refractivity contribution in [2.24, 2.45) is 0 Å². The second-order valence-corrected chi connectivity index (χ2v) is 9.35. The molecule has 0 fully saturated rings. The van der Waals surface area contributed by atoms with Crippen molar-refractivity contribution in [3.05, 3.63) is 11.5 Å². The molecule has 0 radical (unpaired) electrons. The van der Waals surface area contributed by atoms with E-state index < -0.39 is 22.5 Å². The summed E-state index contributed by atoms with van der Waals surface area (Å²) in [6, 6.07) is 0. The van der Waals surface area contributed by atoms with Gasteiger partial charge in [-0.15, -0.1) is 0 Å². The molecule has 0 heterocycles. The molecule has 7 heteroatoms. The molecule has 166 valence electrons. The quantitative estimate of drug-likeness (QED) is 0.218. The molecule has 0 rings (SSSR count). The average Bonchev–Trinajstić information content (AvgIpc) is 2.65. The summed E-state index contributed by atoms with van der Waals surface area (Å²) in [6.07, 6.45) is 23.3. The number of carboxylic acid groups (broad SMARTS) is 1. The van der Waals surface area contributed by atoms with Gasteiger partial charge in [-0.2, -0.15) is 0 Å². The van der Waals surface area contributed by atoms with Gasteiger partial charge in [0, 0.05) is 5.41 Å². The zero-order valence-corrected chi connectivity index (χ0v) is 21.7. The Bertz CT molecular complexity index is 495. The first-order valence-corrected chi connectivity index (χ1v) is 12.9. The van der Waals surface area contributed by atoms with Crippen molar-refractivity contribution in [2.45, 2.75) is 116 Å². The molecule has 0 aliphatic carbocycles. The number of nitrogens with one attached hydrogen (secondary N) is 1. The third kappa shape index (κ3) is 26.1. The average molecular weight is 440 g/mol. The summed E-state index contributed by atoms with van der Waals surface area (Å²) in [5.41, 5.74) is 0. The van der Waals surface area contributed by atoms with E-state index in [1.165, 1.54) is 89.9 Å². The van der Waals surface area contributed by atoms with E-state index >= 15 is 0 Å². The third-order valence-corrected chi connectivity index (χ3v) is 6.01. The molecule has 0 bridgehead atoms. The van der Waals surface area contributed by atoms with Crippen LogP contribution in [-0.2, 0) is 14.8 Å². The zero-order valence-electron chi connectivity index (χ0n) is 18.9. The third-order valence-electron chi connectivity index (χ3n) is 4.92. The van der Waals surface area contributed by atoms with Gasteiger partial charge in [0.1, 0.15) is 0 Å². The number of allylic oxidation sites excluding steroid dienone is 1. The van der Waals surface area contributed by atoms with Gasteiger partial charge in [0.05, 0.1) is 12.5 Å². The van der Waals surface area contributed by atoms with E-state index in [1.807, 2.05) is 4.72 Å². The molecule has 1 N–H and O–H groups in total. The molecule has 0 atom stereocenters. The molecule has 0 saturated heterocycles. The number of sulfonamides is 1. The summed E-state index contributed by atoms with van der Waals surface area (Å²) in [5, 5.41) is 11.3. The Hall–Kier alpha value is 0.120. The zero-order chi connectivity index (χ0) is 20.9. The molecule has 0 amide bonds. The molecule has 0 unspecified atom stereocenters. The van der Waals surface area contributed by atoms with Crippen LogP contribution >= 0.6 is 0 Å². The predicted molar refractivity (Wildman–Crippen MR) is 115 cm³/mol. The van der Waals surface area contributed by atoms with Gasteiger partial charge >= 0.3 is 29.6 Å². The maximum absolute atomic E-state index is 11.4. The second-order valence-electron chi connectivity index (χ2n) is 7.70. The molecule has 0 aromatic carbocycles. The minimum Gasteiger partial charge on any atom is -0.549 e. The summed E-state index contributed by atoms with van der Waals surface area (Å²) < 4.78 is 24.8. The molecule has 0 spiro atoms. The number of hydrogen-bond donors (Lipinski definition) is 1. The van der Waals surface area contributed by atoms with E-state index in [1.54, 1.807) is 6.08 Å². The van der Waals surface area contributed by atoms with Crippen molar-refractivity contribution >= 4 is 16.0 Å². The summed E-state index contributed by atoms with van der Waals surface area (Å²) in [5.74, 6) is -1.44. The number of aliphatic carboxylic acids is 1.